The van der Waals surface area contributed by atoms with Crippen LogP contribution in [0.2, 0.25) is 0 Å². The van der Waals surface area contributed by atoms with E-state index in [0.717, 1.165) is 12.8 Å². The lowest BCUT2D eigenvalue weighted by Crippen LogP contribution is -2.23. The Morgan fingerprint density at radius 1 is 0.920 bits per heavy atom. The van der Waals surface area contributed by atoms with Gasteiger partial charge in [0.25, 0.3) is 0 Å². The normalized spacial score (nSPS) is 16.3. The van der Waals surface area contributed by atoms with Gasteiger partial charge in [0.1, 0.15) is 0 Å². The van der Waals surface area contributed by atoms with Gasteiger partial charge < -0.3 is 20.4 Å². The van der Waals surface area contributed by atoms with E-state index < -0.39 is 24.3 Å². The highest BCUT2D eigenvalue weighted by molar-refractivity contribution is 5.66. The topological polar surface area (TPSA) is 98.0 Å². The molecule has 3 atom stereocenters. The smallest absolute Gasteiger partial charge is 0.303 e. The molecule has 0 rings (SSSR count). The van der Waals surface area contributed by atoms with Gasteiger partial charge in [-0.3, -0.25) is 4.79 Å². The molecule has 0 aliphatic heterocycles. The lowest BCUT2D eigenvalue weighted by molar-refractivity contribution is -0.137. The molecule has 0 aromatic heterocycles. The fraction of sp³-hybridized carbons (Fsp3) is 0.550. The van der Waals surface area contributed by atoms with Crippen molar-refractivity contribution in [1.29, 1.82) is 0 Å². The summed E-state index contributed by atoms with van der Waals surface area (Å²) in [6, 6.07) is 0. The third-order valence-electron chi connectivity index (χ3n) is 3.45. The summed E-state index contributed by atoms with van der Waals surface area (Å²) < 4.78 is 0. The van der Waals surface area contributed by atoms with Crippen molar-refractivity contribution in [2.75, 3.05) is 0 Å². The molecular formula is C20H32O5. The predicted molar refractivity (Wildman–Crippen MR) is 100 cm³/mol. The van der Waals surface area contributed by atoms with Crippen LogP contribution in [0.1, 0.15) is 51.9 Å². The third kappa shape index (κ3) is 15.6. The first-order chi connectivity index (χ1) is 12.0. The van der Waals surface area contributed by atoms with Crippen molar-refractivity contribution in [2.45, 2.75) is 70.2 Å². The van der Waals surface area contributed by atoms with Crippen molar-refractivity contribution >= 4 is 5.97 Å². The first-order valence-corrected chi connectivity index (χ1v) is 8.86. The maximum absolute atomic E-state index is 10.3. The summed E-state index contributed by atoms with van der Waals surface area (Å²) in [7, 11) is 0. The summed E-state index contributed by atoms with van der Waals surface area (Å²) in [5, 5.41) is 37.9. The van der Waals surface area contributed by atoms with Crippen LogP contribution in [0.25, 0.3) is 0 Å². The van der Waals surface area contributed by atoms with E-state index in [1.165, 1.54) is 12.2 Å². The van der Waals surface area contributed by atoms with Crippen molar-refractivity contribution in [3.05, 3.63) is 48.6 Å². The Bertz CT molecular complexity index is 451. The molecule has 0 amide bonds. The highest BCUT2D eigenvalue weighted by atomic mass is 16.4. The zero-order valence-electron chi connectivity index (χ0n) is 15.0. The second kappa shape index (κ2) is 15.8. The van der Waals surface area contributed by atoms with Crippen molar-refractivity contribution in [3.8, 4) is 0 Å². The molecule has 0 radical (unpaired) electrons. The molecule has 25 heavy (non-hydrogen) atoms. The second-order valence-corrected chi connectivity index (χ2v) is 5.83. The SMILES string of the molecule is CC/C=C\C/C=C\C[C@@H](O)[C@@H](O)/C=C/[C@H](O)C/C=C\CCCC(=O)O. The molecule has 0 fully saturated rings. The molecule has 0 aromatic carbocycles. The number of allylic oxidation sites excluding steroid dienone is 4. The Morgan fingerprint density at radius 2 is 1.60 bits per heavy atom. The van der Waals surface area contributed by atoms with E-state index in [2.05, 4.69) is 13.0 Å². The number of carbonyl (C=O) groups is 1. The van der Waals surface area contributed by atoms with Crippen LogP contribution >= 0.6 is 0 Å². The molecule has 0 heterocycles. The van der Waals surface area contributed by atoms with E-state index in [1.807, 2.05) is 24.3 Å². The number of carboxylic acid groups (broad SMARTS) is 1. The van der Waals surface area contributed by atoms with E-state index >= 15 is 0 Å². The summed E-state index contributed by atoms with van der Waals surface area (Å²) in [4.78, 5) is 10.3. The van der Waals surface area contributed by atoms with Gasteiger partial charge in [0.05, 0.1) is 18.3 Å². The quantitative estimate of drug-likeness (QED) is 0.284. The fourth-order valence-electron chi connectivity index (χ4n) is 1.99. The van der Waals surface area contributed by atoms with Crippen molar-refractivity contribution < 1.29 is 25.2 Å². The molecule has 0 saturated carbocycles. The van der Waals surface area contributed by atoms with E-state index in [4.69, 9.17) is 5.11 Å². The van der Waals surface area contributed by atoms with E-state index in [-0.39, 0.29) is 6.42 Å². The van der Waals surface area contributed by atoms with E-state index in [9.17, 15) is 20.1 Å². The highest BCUT2D eigenvalue weighted by Crippen LogP contribution is 2.05. The maximum atomic E-state index is 10.3. The number of aliphatic hydroxyl groups excluding tert-OH is 3. The molecule has 0 saturated heterocycles. The van der Waals surface area contributed by atoms with Gasteiger partial charge in [0.2, 0.25) is 0 Å². The minimum atomic E-state index is -1.02. The Balaban J connectivity index is 3.97. The Hall–Kier alpha value is -1.69. The molecule has 5 heteroatoms. The molecular weight excluding hydrogens is 320 g/mol. The molecule has 0 spiro atoms. The van der Waals surface area contributed by atoms with Crippen molar-refractivity contribution in [1.82, 2.24) is 0 Å². The summed E-state index contributed by atoms with van der Waals surface area (Å²) in [5.41, 5.74) is 0. The second-order valence-electron chi connectivity index (χ2n) is 5.83. The summed E-state index contributed by atoms with van der Waals surface area (Å²) in [6.07, 6.45) is 15.6. The first-order valence-electron chi connectivity index (χ1n) is 8.86. The molecule has 5 nitrogen and oxygen atoms in total. The van der Waals surface area contributed by atoms with Gasteiger partial charge in [-0.25, -0.2) is 0 Å². The Morgan fingerprint density at radius 3 is 2.28 bits per heavy atom. The van der Waals surface area contributed by atoms with Crippen LogP contribution in [-0.2, 0) is 4.79 Å². The average Bonchev–Trinajstić information content (AvgIpc) is 2.58. The summed E-state index contributed by atoms with van der Waals surface area (Å²) >= 11 is 0. The van der Waals surface area contributed by atoms with Gasteiger partial charge in [-0.2, -0.15) is 0 Å². The Labute approximate surface area is 150 Å². The number of aliphatic carboxylic acids is 1. The number of unbranched alkanes of at least 4 members (excludes halogenated alkanes) is 1. The molecule has 0 unspecified atom stereocenters. The van der Waals surface area contributed by atoms with Crippen LogP contribution in [0.3, 0.4) is 0 Å². The molecule has 142 valence electrons. The highest BCUT2D eigenvalue weighted by Gasteiger charge is 2.11. The van der Waals surface area contributed by atoms with Crippen LogP contribution in [0, 0.1) is 0 Å². The van der Waals surface area contributed by atoms with Crippen LogP contribution in [0.15, 0.2) is 48.6 Å². The van der Waals surface area contributed by atoms with Gasteiger partial charge in [-0.1, -0.05) is 55.5 Å². The van der Waals surface area contributed by atoms with Gasteiger partial charge in [0.15, 0.2) is 0 Å². The number of aliphatic hydroxyl groups is 3. The van der Waals surface area contributed by atoms with Crippen LogP contribution < -0.4 is 0 Å². The van der Waals surface area contributed by atoms with Crippen LogP contribution in [0.4, 0.5) is 0 Å². The van der Waals surface area contributed by atoms with Gasteiger partial charge in [0, 0.05) is 6.42 Å². The standard InChI is InChI=1S/C20H32O5/c1-2-3-4-5-6-10-13-18(22)19(23)16-15-17(21)12-9-7-8-11-14-20(24)25/h3-4,6-7,9-10,15-19,21-23H,2,5,8,11-14H2,1H3,(H,24,25)/b4-3-,9-7-,10-6-,16-15+/t17-,18-,19+/m1/s1. The molecule has 0 aliphatic carbocycles. The maximum Gasteiger partial charge on any atom is 0.303 e. The van der Waals surface area contributed by atoms with Gasteiger partial charge in [-0.05, 0) is 38.5 Å². The summed E-state index contributed by atoms with van der Waals surface area (Å²) in [5.74, 6) is -0.809. The number of carboxylic acids is 1. The largest absolute Gasteiger partial charge is 0.481 e. The van der Waals surface area contributed by atoms with Crippen LogP contribution in [-0.4, -0.2) is 44.7 Å². The first kappa shape index (κ1) is 23.3. The molecule has 0 aliphatic rings. The lowest BCUT2D eigenvalue weighted by atomic mass is 10.1. The van der Waals surface area contributed by atoms with Gasteiger partial charge in [-0.15, -0.1) is 0 Å². The van der Waals surface area contributed by atoms with Crippen molar-refractivity contribution in [2.24, 2.45) is 0 Å². The average molecular weight is 352 g/mol. The monoisotopic (exact) mass is 352 g/mol. The minimum Gasteiger partial charge on any atom is -0.481 e. The number of rotatable bonds is 14. The summed E-state index contributed by atoms with van der Waals surface area (Å²) in [6.45, 7) is 2.07. The van der Waals surface area contributed by atoms with E-state index in [0.29, 0.717) is 25.7 Å². The Kier molecular flexibility index (Phi) is 14.7. The molecule has 4 N–H and O–H groups in total. The number of hydrogen-bond donors (Lipinski definition) is 4. The van der Waals surface area contributed by atoms with E-state index in [1.54, 1.807) is 6.08 Å². The third-order valence-corrected chi connectivity index (χ3v) is 3.45. The van der Waals surface area contributed by atoms with Gasteiger partial charge >= 0.3 is 5.97 Å². The fourth-order valence-corrected chi connectivity index (χ4v) is 1.99. The van der Waals surface area contributed by atoms with Crippen molar-refractivity contribution in [3.63, 3.8) is 0 Å². The molecule has 0 bridgehead atoms. The lowest BCUT2D eigenvalue weighted by Gasteiger charge is -2.12. The number of hydrogen-bond acceptors (Lipinski definition) is 4. The predicted octanol–water partition coefficient (Wildman–Crippen LogP) is 3.13. The zero-order valence-corrected chi connectivity index (χ0v) is 15.0. The zero-order chi connectivity index (χ0) is 18.9. The van der Waals surface area contributed by atoms with Crippen LogP contribution in [0.5, 0.6) is 0 Å². The molecule has 0 aromatic rings. The minimum absolute atomic E-state index is 0.139.